The lowest BCUT2D eigenvalue weighted by atomic mass is 10.1. The summed E-state index contributed by atoms with van der Waals surface area (Å²) in [5.41, 5.74) is 2.07. The molecule has 21 heavy (non-hydrogen) atoms. The van der Waals surface area contributed by atoms with Crippen molar-refractivity contribution in [3.05, 3.63) is 53.5 Å². The van der Waals surface area contributed by atoms with Crippen molar-refractivity contribution in [3.63, 3.8) is 0 Å². The molecule has 4 nitrogen and oxygen atoms in total. The average molecular weight is 286 g/mol. The van der Waals surface area contributed by atoms with Crippen molar-refractivity contribution >= 4 is 11.7 Å². The van der Waals surface area contributed by atoms with Gasteiger partial charge in [0, 0.05) is 5.69 Å². The predicted molar refractivity (Wildman–Crippen MR) is 84.5 cm³/mol. The second-order valence-corrected chi connectivity index (χ2v) is 5.22. The van der Waals surface area contributed by atoms with Crippen molar-refractivity contribution < 1.29 is 9.21 Å². The smallest absolute Gasteiger partial charge is 0.319 e. The Hall–Kier alpha value is -2.23. The first-order chi connectivity index (χ1) is 10.1. The molecule has 0 bridgehead atoms. The summed E-state index contributed by atoms with van der Waals surface area (Å²) in [7, 11) is 0. The van der Waals surface area contributed by atoms with Crippen LogP contribution in [0.1, 0.15) is 43.4 Å². The maximum Gasteiger partial charge on any atom is 0.319 e. The molecule has 0 aliphatic heterocycles. The van der Waals surface area contributed by atoms with Crippen LogP contribution in [-0.4, -0.2) is 6.03 Å². The number of furan rings is 1. The lowest BCUT2D eigenvalue weighted by Crippen LogP contribution is -2.30. The second kappa shape index (κ2) is 6.97. The van der Waals surface area contributed by atoms with E-state index in [9.17, 15) is 4.79 Å². The van der Waals surface area contributed by atoms with Crippen molar-refractivity contribution in [1.29, 1.82) is 0 Å². The predicted octanol–water partition coefficient (Wildman–Crippen LogP) is 4.42. The molecule has 0 aliphatic rings. The fourth-order valence-electron chi connectivity index (χ4n) is 2.16. The minimum atomic E-state index is -0.236. The highest BCUT2D eigenvalue weighted by atomic mass is 16.3. The Bertz CT molecular complexity index is 587. The monoisotopic (exact) mass is 286 g/mol. The molecule has 2 rings (SSSR count). The van der Waals surface area contributed by atoms with Crippen LogP contribution in [0.25, 0.3) is 0 Å². The fraction of sp³-hybridized carbons (Fsp3) is 0.353. The van der Waals surface area contributed by atoms with Crippen LogP contribution in [0.5, 0.6) is 0 Å². The third-order valence-corrected chi connectivity index (χ3v) is 3.29. The molecular weight excluding hydrogens is 264 g/mol. The SMILES string of the molecule is CCCc1ccc(NC(=O)NC(C)c2ccc(C)o2)cc1. The normalized spacial score (nSPS) is 12.0. The summed E-state index contributed by atoms with van der Waals surface area (Å²) >= 11 is 0. The van der Waals surface area contributed by atoms with Gasteiger partial charge in [0.2, 0.25) is 0 Å². The van der Waals surface area contributed by atoms with Gasteiger partial charge in [0.1, 0.15) is 11.5 Å². The molecule has 0 fully saturated rings. The number of hydrogen-bond donors (Lipinski definition) is 2. The van der Waals surface area contributed by atoms with E-state index in [0.717, 1.165) is 30.0 Å². The van der Waals surface area contributed by atoms with Crippen molar-refractivity contribution in [2.24, 2.45) is 0 Å². The van der Waals surface area contributed by atoms with Gasteiger partial charge in [-0.25, -0.2) is 4.79 Å². The molecule has 1 atom stereocenters. The van der Waals surface area contributed by atoms with Gasteiger partial charge in [-0.2, -0.15) is 0 Å². The minimum absolute atomic E-state index is 0.168. The van der Waals surface area contributed by atoms with Gasteiger partial charge in [0.25, 0.3) is 0 Å². The van der Waals surface area contributed by atoms with Gasteiger partial charge in [-0.15, -0.1) is 0 Å². The largest absolute Gasteiger partial charge is 0.464 e. The summed E-state index contributed by atoms with van der Waals surface area (Å²) in [4.78, 5) is 11.9. The van der Waals surface area contributed by atoms with Gasteiger partial charge < -0.3 is 15.1 Å². The Balaban J connectivity index is 1.89. The van der Waals surface area contributed by atoms with Crippen molar-refractivity contribution in [3.8, 4) is 0 Å². The number of carbonyl (C=O) groups is 1. The first-order valence-corrected chi connectivity index (χ1v) is 7.31. The quantitative estimate of drug-likeness (QED) is 0.854. The molecule has 1 heterocycles. The maximum absolute atomic E-state index is 11.9. The van der Waals surface area contributed by atoms with E-state index in [2.05, 4.69) is 17.6 Å². The molecular formula is C17H22N2O2. The van der Waals surface area contributed by atoms with Crippen LogP contribution in [0, 0.1) is 6.92 Å². The molecule has 112 valence electrons. The number of amides is 2. The number of rotatable bonds is 5. The summed E-state index contributed by atoms with van der Waals surface area (Å²) in [6, 6.07) is 11.3. The molecule has 2 aromatic rings. The van der Waals surface area contributed by atoms with E-state index in [-0.39, 0.29) is 12.1 Å². The Morgan fingerprint density at radius 2 is 1.90 bits per heavy atom. The lowest BCUT2D eigenvalue weighted by Gasteiger charge is -2.13. The number of hydrogen-bond acceptors (Lipinski definition) is 2. The van der Waals surface area contributed by atoms with Gasteiger partial charge in [-0.3, -0.25) is 0 Å². The molecule has 0 aliphatic carbocycles. The number of benzene rings is 1. The second-order valence-electron chi connectivity index (χ2n) is 5.22. The van der Waals surface area contributed by atoms with E-state index in [1.807, 2.05) is 50.2 Å². The van der Waals surface area contributed by atoms with E-state index in [0.29, 0.717) is 0 Å². The Labute approximate surface area is 125 Å². The van der Waals surface area contributed by atoms with Gasteiger partial charge in [0.05, 0.1) is 6.04 Å². The van der Waals surface area contributed by atoms with Crippen LogP contribution in [0.4, 0.5) is 10.5 Å². The molecule has 0 saturated carbocycles. The summed E-state index contributed by atoms with van der Waals surface area (Å²) in [6.45, 7) is 5.92. The maximum atomic E-state index is 11.9. The Morgan fingerprint density at radius 3 is 2.48 bits per heavy atom. The van der Waals surface area contributed by atoms with Gasteiger partial charge in [0.15, 0.2) is 0 Å². The van der Waals surface area contributed by atoms with E-state index < -0.39 is 0 Å². The van der Waals surface area contributed by atoms with Crippen LogP contribution in [0.2, 0.25) is 0 Å². The third kappa shape index (κ3) is 4.38. The zero-order valence-corrected chi connectivity index (χ0v) is 12.8. The molecule has 2 amide bonds. The Morgan fingerprint density at radius 1 is 1.19 bits per heavy atom. The van der Waals surface area contributed by atoms with Gasteiger partial charge in [-0.05, 0) is 50.1 Å². The number of carbonyl (C=O) groups excluding carboxylic acids is 1. The van der Waals surface area contributed by atoms with Gasteiger partial charge >= 0.3 is 6.03 Å². The fourth-order valence-corrected chi connectivity index (χ4v) is 2.16. The molecule has 2 N–H and O–H groups in total. The van der Waals surface area contributed by atoms with Crippen molar-refractivity contribution in [1.82, 2.24) is 5.32 Å². The summed E-state index contributed by atoms with van der Waals surface area (Å²) < 4.78 is 5.50. The lowest BCUT2D eigenvalue weighted by molar-refractivity contribution is 0.247. The van der Waals surface area contributed by atoms with E-state index in [1.54, 1.807) is 0 Å². The summed E-state index contributed by atoms with van der Waals surface area (Å²) in [5, 5.41) is 5.68. The zero-order chi connectivity index (χ0) is 15.2. The number of aryl methyl sites for hydroxylation is 2. The standard InChI is InChI=1S/C17H22N2O2/c1-4-5-14-7-9-15(10-8-14)19-17(20)18-13(3)16-11-6-12(2)21-16/h6-11,13H,4-5H2,1-3H3,(H2,18,19,20). The van der Waals surface area contributed by atoms with Crippen molar-refractivity contribution in [2.75, 3.05) is 5.32 Å². The highest BCUT2D eigenvalue weighted by molar-refractivity contribution is 5.89. The van der Waals surface area contributed by atoms with Crippen LogP contribution in [-0.2, 0) is 6.42 Å². The highest BCUT2D eigenvalue weighted by Crippen LogP contribution is 2.16. The first-order valence-electron chi connectivity index (χ1n) is 7.31. The number of urea groups is 1. The zero-order valence-electron chi connectivity index (χ0n) is 12.8. The molecule has 0 saturated heterocycles. The molecule has 4 heteroatoms. The first kappa shape index (κ1) is 15.2. The minimum Gasteiger partial charge on any atom is -0.464 e. The van der Waals surface area contributed by atoms with E-state index >= 15 is 0 Å². The molecule has 1 aromatic carbocycles. The number of nitrogens with one attached hydrogen (secondary N) is 2. The molecule has 1 unspecified atom stereocenters. The van der Waals surface area contributed by atoms with Crippen LogP contribution >= 0.6 is 0 Å². The summed E-state index contributed by atoms with van der Waals surface area (Å²) in [5.74, 6) is 1.59. The summed E-state index contributed by atoms with van der Waals surface area (Å²) in [6.07, 6.45) is 2.18. The highest BCUT2D eigenvalue weighted by Gasteiger charge is 2.12. The topological polar surface area (TPSA) is 54.3 Å². The molecule has 1 aromatic heterocycles. The van der Waals surface area contributed by atoms with Gasteiger partial charge in [-0.1, -0.05) is 25.5 Å². The van der Waals surface area contributed by atoms with E-state index in [4.69, 9.17) is 4.42 Å². The number of anilines is 1. The Kier molecular flexibility index (Phi) is 5.04. The van der Waals surface area contributed by atoms with E-state index in [1.165, 1.54) is 5.56 Å². The average Bonchev–Trinajstić information content (AvgIpc) is 2.88. The van der Waals surface area contributed by atoms with Crippen LogP contribution in [0.15, 0.2) is 40.8 Å². The third-order valence-electron chi connectivity index (χ3n) is 3.29. The molecule has 0 radical (unpaired) electrons. The van der Waals surface area contributed by atoms with Crippen molar-refractivity contribution in [2.45, 2.75) is 39.7 Å². The molecule has 0 spiro atoms. The van der Waals surface area contributed by atoms with Crippen LogP contribution in [0.3, 0.4) is 0 Å². The van der Waals surface area contributed by atoms with Crippen LogP contribution < -0.4 is 10.6 Å².